The predicted octanol–water partition coefficient (Wildman–Crippen LogP) is 7.19. The molecule has 0 atom stereocenters. The van der Waals surface area contributed by atoms with Crippen LogP contribution in [0.2, 0.25) is 0 Å². The van der Waals surface area contributed by atoms with Gasteiger partial charge in [-0.05, 0) is 105 Å². The first-order valence-corrected chi connectivity index (χ1v) is 16.9. The number of anilines is 2. The van der Waals surface area contributed by atoms with Crippen molar-refractivity contribution in [3.05, 3.63) is 67.4 Å². The fourth-order valence-electron chi connectivity index (χ4n) is 4.29. The molecule has 0 saturated heterocycles. The highest BCUT2D eigenvalue weighted by molar-refractivity contribution is 7.19. The SMILES string of the molecule is Cc1c(C(=O)OC(C)C)sc(NC(=O)c2ccc(C(=O)Nc3sc(C(=O)OC(C)C)c(C)c3C(=O)OC(C)C)cc2)c1C(=O)OC(C)C. The molecule has 2 N–H and O–H groups in total. The molecule has 3 rings (SSSR count). The zero-order valence-electron chi connectivity index (χ0n) is 28.5. The highest BCUT2D eigenvalue weighted by Gasteiger charge is 2.30. The number of carbonyl (C=O) groups is 6. The summed E-state index contributed by atoms with van der Waals surface area (Å²) < 4.78 is 21.3. The monoisotopic (exact) mass is 700 g/mol. The third-order valence-electron chi connectivity index (χ3n) is 6.31. The van der Waals surface area contributed by atoms with Crippen LogP contribution in [-0.4, -0.2) is 60.1 Å². The molecule has 2 heterocycles. The Bertz CT molecular complexity index is 1590. The van der Waals surface area contributed by atoms with E-state index >= 15 is 0 Å². The number of carbonyl (C=O) groups excluding carboxylic acids is 6. The van der Waals surface area contributed by atoms with Gasteiger partial charge in [-0.3, -0.25) is 9.59 Å². The van der Waals surface area contributed by atoms with Crippen molar-refractivity contribution in [1.82, 2.24) is 0 Å². The van der Waals surface area contributed by atoms with E-state index in [1.54, 1.807) is 69.2 Å². The Morgan fingerprint density at radius 2 is 0.771 bits per heavy atom. The van der Waals surface area contributed by atoms with Crippen LogP contribution in [0.1, 0.15) is 127 Å². The fraction of sp³-hybridized carbons (Fsp3) is 0.412. The smallest absolute Gasteiger partial charge is 0.348 e. The number of ether oxygens (including phenoxy) is 4. The summed E-state index contributed by atoms with van der Waals surface area (Å²) in [6.07, 6.45) is -1.68. The minimum atomic E-state index is -0.703. The first-order valence-electron chi connectivity index (χ1n) is 15.2. The number of thiophene rings is 2. The molecule has 0 bridgehead atoms. The van der Waals surface area contributed by atoms with Crippen molar-refractivity contribution in [3.8, 4) is 0 Å². The second-order valence-corrected chi connectivity index (χ2v) is 13.9. The molecule has 258 valence electrons. The van der Waals surface area contributed by atoms with Gasteiger partial charge in [-0.2, -0.15) is 0 Å². The maximum Gasteiger partial charge on any atom is 0.348 e. The van der Waals surface area contributed by atoms with Crippen LogP contribution in [0.15, 0.2) is 24.3 Å². The molecule has 2 aromatic heterocycles. The number of hydrogen-bond acceptors (Lipinski definition) is 12. The summed E-state index contributed by atoms with van der Waals surface area (Å²) in [5.41, 5.74) is 1.03. The maximum atomic E-state index is 13.3. The molecule has 0 unspecified atom stereocenters. The van der Waals surface area contributed by atoms with Gasteiger partial charge in [0.2, 0.25) is 0 Å². The summed E-state index contributed by atoms with van der Waals surface area (Å²) in [6.45, 7) is 16.7. The molecule has 0 spiro atoms. The highest BCUT2D eigenvalue weighted by Crippen LogP contribution is 2.36. The van der Waals surface area contributed by atoms with E-state index in [4.69, 9.17) is 18.9 Å². The Balaban J connectivity index is 1.88. The summed E-state index contributed by atoms with van der Waals surface area (Å²) in [5.74, 6) is -3.88. The van der Waals surface area contributed by atoms with Crippen LogP contribution in [0.4, 0.5) is 10.0 Å². The van der Waals surface area contributed by atoms with Crippen molar-refractivity contribution in [2.24, 2.45) is 0 Å². The molecule has 1 aromatic carbocycles. The van der Waals surface area contributed by atoms with Crippen LogP contribution < -0.4 is 10.6 Å². The number of esters is 4. The van der Waals surface area contributed by atoms with E-state index in [1.807, 2.05) is 0 Å². The van der Waals surface area contributed by atoms with E-state index in [0.717, 1.165) is 22.7 Å². The molecule has 12 nitrogen and oxygen atoms in total. The van der Waals surface area contributed by atoms with Crippen LogP contribution in [0.25, 0.3) is 0 Å². The number of rotatable bonds is 12. The molecule has 0 fully saturated rings. The lowest BCUT2D eigenvalue weighted by molar-refractivity contribution is 0.0360. The molecule has 0 aliphatic rings. The average Bonchev–Trinajstić information content (AvgIpc) is 3.47. The van der Waals surface area contributed by atoms with Gasteiger partial charge in [-0.25, -0.2) is 19.2 Å². The lowest BCUT2D eigenvalue weighted by Crippen LogP contribution is -2.18. The summed E-state index contributed by atoms with van der Waals surface area (Å²) in [5, 5.41) is 5.59. The van der Waals surface area contributed by atoms with Gasteiger partial charge < -0.3 is 29.6 Å². The second kappa shape index (κ2) is 16.0. The van der Waals surface area contributed by atoms with E-state index in [1.165, 1.54) is 24.3 Å². The zero-order chi connectivity index (χ0) is 36.0. The Labute approximate surface area is 287 Å². The highest BCUT2D eigenvalue weighted by atomic mass is 32.1. The molecule has 0 saturated carbocycles. The lowest BCUT2D eigenvalue weighted by atomic mass is 10.1. The normalized spacial score (nSPS) is 11.1. The third kappa shape index (κ3) is 9.28. The lowest BCUT2D eigenvalue weighted by Gasteiger charge is -2.11. The van der Waals surface area contributed by atoms with Gasteiger partial charge in [-0.15, -0.1) is 22.7 Å². The Hall–Kier alpha value is -4.56. The molecular formula is C34H40N2O10S2. The predicted molar refractivity (Wildman–Crippen MR) is 183 cm³/mol. The zero-order valence-corrected chi connectivity index (χ0v) is 30.2. The molecule has 0 radical (unpaired) electrons. The molecule has 0 aliphatic carbocycles. The average molecular weight is 701 g/mol. The van der Waals surface area contributed by atoms with Gasteiger partial charge in [-0.1, -0.05) is 0 Å². The topological polar surface area (TPSA) is 163 Å². The Morgan fingerprint density at radius 1 is 0.500 bits per heavy atom. The van der Waals surface area contributed by atoms with Gasteiger partial charge in [0, 0.05) is 11.1 Å². The number of benzene rings is 1. The molecular weight excluding hydrogens is 661 g/mol. The van der Waals surface area contributed by atoms with Crippen molar-refractivity contribution < 1.29 is 47.7 Å². The van der Waals surface area contributed by atoms with Crippen LogP contribution in [0.5, 0.6) is 0 Å². The van der Waals surface area contributed by atoms with Crippen molar-refractivity contribution >= 4 is 68.4 Å². The van der Waals surface area contributed by atoms with Crippen molar-refractivity contribution in [1.29, 1.82) is 0 Å². The summed E-state index contributed by atoms with van der Waals surface area (Å²) in [4.78, 5) is 78.2. The summed E-state index contributed by atoms with van der Waals surface area (Å²) in [6, 6.07) is 5.63. The largest absolute Gasteiger partial charge is 0.459 e. The van der Waals surface area contributed by atoms with E-state index in [2.05, 4.69) is 10.6 Å². The van der Waals surface area contributed by atoms with Crippen molar-refractivity contribution in [3.63, 3.8) is 0 Å². The van der Waals surface area contributed by atoms with E-state index in [0.29, 0.717) is 11.1 Å². The fourth-order valence-corrected chi connectivity index (χ4v) is 6.43. The van der Waals surface area contributed by atoms with Crippen molar-refractivity contribution in [2.75, 3.05) is 10.6 Å². The van der Waals surface area contributed by atoms with Gasteiger partial charge in [0.15, 0.2) is 0 Å². The minimum Gasteiger partial charge on any atom is -0.459 e. The number of hydrogen-bond donors (Lipinski definition) is 2. The molecule has 48 heavy (non-hydrogen) atoms. The minimum absolute atomic E-state index is 0.0449. The Kier molecular flexibility index (Phi) is 12.7. The van der Waals surface area contributed by atoms with Crippen LogP contribution >= 0.6 is 22.7 Å². The second-order valence-electron chi connectivity index (χ2n) is 11.8. The standard InChI is InChI=1S/C34H40N2O10S2/c1-15(2)43-31(39)23-19(9)25(33(41)45-17(5)6)47-29(23)35-27(37)21-11-13-22(14-12-21)28(38)36-30-24(32(40)44-16(3)4)20(10)26(48-30)34(42)46-18(7)8/h11-18H,1-10H3,(H,35,37)(H,36,38). The first-order chi connectivity index (χ1) is 22.4. The first kappa shape index (κ1) is 37.9. The quantitative estimate of drug-likeness (QED) is 0.146. The Morgan fingerprint density at radius 3 is 1.04 bits per heavy atom. The van der Waals surface area contributed by atoms with E-state index in [9.17, 15) is 28.8 Å². The van der Waals surface area contributed by atoms with Gasteiger partial charge in [0.25, 0.3) is 11.8 Å². The van der Waals surface area contributed by atoms with E-state index < -0.39 is 60.1 Å². The molecule has 3 aromatic rings. The van der Waals surface area contributed by atoms with Gasteiger partial charge >= 0.3 is 23.9 Å². The molecule has 2 amide bonds. The van der Waals surface area contributed by atoms with E-state index in [-0.39, 0.29) is 42.0 Å². The van der Waals surface area contributed by atoms with Crippen LogP contribution in [0, 0.1) is 13.8 Å². The van der Waals surface area contributed by atoms with Gasteiger partial charge in [0.1, 0.15) is 19.8 Å². The van der Waals surface area contributed by atoms with Crippen LogP contribution in [0.3, 0.4) is 0 Å². The molecule has 14 heteroatoms. The van der Waals surface area contributed by atoms with Crippen molar-refractivity contribution in [2.45, 2.75) is 93.7 Å². The molecule has 0 aliphatic heterocycles. The number of amides is 2. The summed E-state index contributed by atoms with van der Waals surface area (Å²) in [7, 11) is 0. The maximum absolute atomic E-state index is 13.3. The van der Waals surface area contributed by atoms with Gasteiger partial charge in [0.05, 0.1) is 35.5 Å². The van der Waals surface area contributed by atoms with Crippen LogP contribution in [-0.2, 0) is 18.9 Å². The summed E-state index contributed by atoms with van der Waals surface area (Å²) >= 11 is 1.80. The third-order valence-corrected chi connectivity index (χ3v) is 8.68. The number of nitrogens with one attached hydrogen (secondary N) is 2.